The molecule has 1 aliphatic heterocycles. The lowest BCUT2D eigenvalue weighted by Crippen LogP contribution is -2.46. The van der Waals surface area contributed by atoms with Gasteiger partial charge in [-0.2, -0.15) is 0 Å². The molecule has 8 heteroatoms. The number of fused-ring (bicyclic) bond motifs is 3. The molecule has 0 amide bonds. The third-order valence-electron chi connectivity index (χ3n) is 5.88. The molecule has 0 bridgehead atoms. The summed E-state index contributed by atoms with van der Waals surface area (Å²) in [5, 5.41) is 0.994. The van der Waals surface area contributed by atoms with Crippen LogP contribution in [0.5, 0.6) is 17.2 Å². The van der Waals surface area contributed by atoms with Gasteiger partial charge in [0.25, 0.3) is 0 Å². The molecule has 1 saturated heterocycles. The minimum atomic E-state index is 0.684. The van der Waals surface area contributed by atoms with Gasteiger partial charge in [-0.05, 0) is 30.3 Å². The van der Waals surface area contributed by atoms with Crippen LogP contribution in [0.1, 0.15) is 0 Å². The van der Waals surface area contributed by atoms with Crippen molar-refractivity contribution in [1.29, 1.82) is 0 Å². The zero-order valence-corrected chi connectivity index (χ0v) is 17.9. The van der Waals surface area contributed by atoms with Gasteiger partial charge in [0.05, 0.1) is 26.8 Å². The first kappa shape index (κ1) is 19.3. The molecule has 1 fully saturated rings. The fourth-order valence-corrected chi connectivity index (χ4v) is 4.22. The number of nitrogens with one attached hydrogen (secondary N) is 1. The molecule has 2 aromatic heterocycles. The topological polar surface area (TPSA) is 75.7 Å². The van der Waals surface area contributed by atoms with Crippen LogP contribution in [0.2, 0.25) is 0 Å². The summed E-state index contributed by atoms with van der Waals surface area (Å²) < 4.78 is 16.2. The Bertz CT molecular complexity index is 1210. The molecule has 160 valence electrons. The lowest BCUT2D eigenvalue weighted by Gasteiger charge is -2.36. The summed E-state index contributed by atoms with van der Waals surface area (Å²) in [5.41, 5.74) is 3.98. The first-order valence-corrected chi connectivity index (χ1v) is 10.2. The van der Waals surface area contributed by atoms with Crippen molar-refractivity contribution in [3.05, 3.63) is 42.7 Å². The molecule has 0 radical (unpaired) electrons. The molecule has 1 N–H and O–H groups in total. The van der Waals surface area contributed by atoms with Gasteiger partial charge in [0, 0.05) is 43.3 Å². The van der Waals surface area contributed by atoms with Crippen LogP contribution in [0.15, 0.2) is 42.7 Å². The number of H-pyrrole nitrogens is 1. The van der Waals surface area contributed by atoms with Gasteiger partial charge >= 0.3 is 0 Å². The van der Waals surface area contributed by atoms with Gasteiger partial charge in [0.2, 0.25) is 0 Å². The average Bonchev–Trinajstić information content (AvgIpc) is 3.21. The highest BCUT2D eigenvalue weighted by atomic mass is 16.5. The Labute approximate surface area is 180 Å². The molecular formula is C23H25N5O3. The Morgan fingerprint density at radius 1 is 0.806 bits per heavy atom. The summed E-state index contributed by atoms with van der Waals surface area (Å²) in [5.74, 6) is 3.17. The van der Waals surface area contributed by atoms with Crippen LogP contribution in [0.3, 0.4) is 0 Å². The maximum Gasteiger partial charge on any atom is 0.162 e. The van der Waals surface area contributed by atoms with Crippen molar-refractivity contribution in [2.75, 3.05) is 57.3 Å². The fraction of sp³-hybridized carbons (Fsp3) is 0.304. The van der Waals surface area contributed by atoms with E-state index in [1.165, 1.54) is 5.69 Å². The predicted octanol–water partition coefficient (Wildman–Crippen LogP) is 3.46. The van der Waals surface area contributed by atoms with Gasteiger partial charge in [-0.25, -0.2) is 9.97 Å². The summed E-state index contributed by atoms with van der Waals surface area (Å²) in [6.45, 7) is 3.58. The minimum Gasteiger partial charge on any atom is -0.497 e. The maximum absolute atomic E-state index is 5.47. The highest BCUT2D eigenvalue weighted by Crippen LogP contribution is 2.37. The highest BCUT2D eigenvalue weighted by Gasteiger charge is 2.22. The van der Waals surface area contributed by atoms with Crippen molar-refractivity contribution < 1.29 is 14.2 Å². The Morgan fingerprint density at radius 2 is 1.48 bits per heavy atom. The van der Waals surface area contributed by atoms with Crippen molar-refractivity contribution in [3.8, 4) is 17.2 Å². The number of piperazine rings is 1. The zero-order valence-electron chi connectivity index (χ0n) is 17.9. The van der Waals surface area contributed by atoms with Gasteiger partial charge < -0.3 is 29.0 Å². The highest BCUT2D eigenvalue weighted by molar-refractivity contribution is 6.09. The molecule has 0 spiro atoms. The zero-order chi connectivity index (χ0) is 21.4. The Balaban J connectivity index is 1.44. The number of ether oxygens (including phenoxy) is 3. The van der Waals surface area contributed by atoms with Crippen LogP contribution in [0.4, 0.5) is 11.5 Å². The predicted molar refractivity (Wildman–Crippen MR) is 122 cm³/mol. The van der Waals surface area contributed by atoms with E-state index in [9.17, 15) is 0 Å². The number of aromatic nitrogens is 3. The third kappa shape index (κ3) is 3.34. The number of nitrogens with zero attached hydrogens (tertiary/aromatic N) is 4. The number of aromatic amines is 1. The SMILES string of the molecule is COc1ccc(N2CCN(c3ncnc4c3[nH]c3cc(OC)c(OC)cc34)CC2)cc1. The molecular weight excluding hydrogens is 394 g/mol. The third-order valence-corrected chi connectivity index (χ3v) is 5.88. The number of rotatable bonds is 5. The Kier molecular flexibility index (Phi) is 4.89. The summed E-state index contributed by atoms with van der Waals surface area (Å²) in [6.07, 6.45) is 1.64. The smallest absolute Gasteiger partial charge is 0.162 e. The van der Waals surface area contributed by atoms with Crippen molar-refractivity contribution in [1.82, 2.24) is 15.0 Å². The monoisotopic (exact) mass is 419 g/mol. The molecule has 4 aromatic rings. The van der Waals surface area contributed by atoms with E-state index in [0.29, 0.717) is 11.5 Å². The van der Waals surface area contributed by atoms with Crippen LogP contribution in [-0.4, -0.2) is 62.5 Å². The van der Waals surface area contributed by atoms with Crippen molar-refractivity contribution >= 4 is 33.4 Å². The van der Waals surface area contributed by atoms with Crippen LogP contribution in [0.25, 0.3) is 21.9 Å². The van der Waals surface area contributed by atoms with Crippen LogP contribution in [0, 0.1) is 0 Å². The molecule has 3 heterocycles. The van der Waals surface area contributed by atoms with Crippen molar-refractivity contribution in [2.24, 2.45) is 0 Å². The second-order valence-electron chi connectivity index (χ2n) is 7.47. The Morgan fingerprint density at radius 3 is 2.16 bits per heavy atom. The lowest BCUT2D eigenvalue weighted by atomic mass is 10.2. The van der Waals surface area contributed by atoms with Gasteiger partial charge in [-0.3, -0.25) is 0 Å². The first-order valence-electron chi connectivity index (χ1n) is 10.2. The molecule has 31 heavy (non-hydrogen) atoms. The van der Waals surface area contributed by atoms with Gasteiger partial charge in [0.1, 0.15) is 23.1 Å². The number of methoxy groups -OCH3 is 3. The fourth-order valence-electron chi connectivity index (χ4n) is 4.22. The summed E-state index contributed by atoms with van der Waals surface area (Å²) >= 11 is 0. The molecule has 0 saturated carbocycles. The van der Waals surface area contributed by atoms with Crippen molar-refractivity contribution in [3.63, 3.8) is 0 Å². The molecule has 0 aliphatic carbocycles. The standard InChI is InChI=1S/C23H25N5O3/c1-29-16-6-4-15(5-7-16)27-8-10-28(11-9-27)23-22-21(24-14-25-23)17-12-19(30-2)20(31-3)13-18(17)26-22/h4-7,12-14,26H,8-11H2,1-3H3. The van der Waals surface area contributed by atoms with Crippen LogP contribution < -0.4 is 24.0 Å². The van der Waals surface area contributed by atoms with E-state index in [0.717, 1.165) is 59.7 Å². The van der Waals surface area contributed by atoms with Gasteiger partial charge in [0.15, 0.2) is 17.3 Å². The molecule has 5 rings (SSSR count). The van der Waals surface area contributed by atoms with Gasteiger partial charge in [-0.1, -0.05) is 0 Å². The summed E-state index contributed by atoms with van der Waals surface area (Å²) in [6, 6.07) is 12.1. The summed E-state index contributed by atoms with van der Waals surface area (Å²) in [7, 11) is 4.97. The van der Waals surface area contributed by atoms with Gasteiger partial charge in [-0.15, -0.1) is 0 Å². The summed E-state index contributed by atoms with van der Waals surface area (Å²) in [4.78, 5) is 17.4. The molecule has 0 unspecified atom stereocenters. The van der Waals surface area contributed by atoms with E-state index in [2.05, 4.69) is 36.9 Å². The lowest BCUT2D eigenvalue weighted by molar-refractivity contribution is 0.356. The van der Waals surface area contributed by atoms with E-state index < -0.39 is 0 Å². The number of hydrogen-bond acceptors (Lipinski definition) is 7. The van der Waals surface area contributed by atoms with E-state index >= 15 is 0 Å². The Hall–Kier alpha value is -3.68. The van der Waals surface area contributed by atoms with E-state index in [1.807, 2.05) is 24.3 Å². The van der Waals surface area contributed by atoms with Crippen molar-refractivity contribution in [2.45, 2.75) is 0 Å². The number of anilines is 2. The number of hydrogen-bond donors (Lipinski definition) is 1. The second kappa shape index (κ2) is 7.86. The quantitative estimate of drug-likeness (QED) is 0.531. The van der Waals surface area contributed by atoms with E-state index in [4.69, 9.17) is 14.2 Å². The normalized spacial score (nSPS) is 14.3. The molecule has 1 aliphatic rings. The van der Waals surface area contributed by atoms with E-state index in [1.54, 1.807) is 27.7 Å². The van der Waals surface area contributed by atoms with E-state index in [-0.39, 0.29) is 0 Å². The molecule has 0 atom stereocenters. The largest absolute Gasteiger partial charge is 0.497 e. The first-order chi connectivity index (χ1) is 15.2. The van der Waals surface area contributed by atoms with Crippen LogP contribution in [-0.2, 0) is 0 Å². The second-order valence-corrected chi connectivity index (χ2v) is 7.47. The molecule has 8 nitrogen and oxygen atoms in total. The van der Waals surface area contributed by atoms with Crippen LogP contribution >= 0.6 is 0 Å². The minimum absolute atomic E-state index is 0.684. The average molecular weight is 419 g/mol. The maximum atomic E-state index is 5.47. The number of benzene rings is 2. The molecule has 2 aromatic carbocycles.